The van der Waals surface area contributed by atoms with Crippen molar-refractivity contribution in [2.24, 2.45) is 5.73 Å². The fourth-order valence-electron chi connectivity index (χ4n) is 1.08. The number of rotatable bonds is 3. The molecule has 0 rings (SSSR count). The Labute approximate surface area is 119 Å². The molecule has 0 atom stereocenters. The van der Waals surface area contributed by atoms with Crippen LogP contribution in [0.25, 0.3) is 0 Å². The summed E-state index contributed by atoms with van der Waals surface area (Å²) < 4.78 is 10.2. The Morgan fingerprint density at radius 1 is 1.00 bits per heavy atom. The van der Waals surface area contributed by atoms with Gasteiger partial charge in [-0.2, -0.15) is 0 Å². The molecule has 0 saturated carbocycles. The standard InChI is InChI=1S/C12H22N2O4S/c1-11(2,3)17-8(15)7(14-10(13)19)9(16)18-12(4,5)6/h7H,1-6H3,(H3,13,14,19). The normalized spacial score (nSPS) is 11.9. The largest absolute Gasteiger partial charge is 0.458 e. The number of esters is 2. The zero-order valence-corrected chi connectivity index (χ0v) is 13.0. The molecule has 0 aromatic carbocycles. The molecule has 0 bridgehead atoms. The number of nitrogens with two attached hydrogens (primary N) is 1. The molecule has 0 aromatic heterocycles. The second-order valence-corrected chi connectivity index (χ2v) is 6.45. The van der Waals surface area contributed by atoms with Crippen LogP contribution in [0.4, 0.5) is 0 Å². The van der Waals surface area contributed by atoms with Crippen LogP contribution in [0.5, 0.6) is 0 Å². The van der Waals surface area contributed by atoms with E-state index in [1.54, 1.807) is 41.5 Å². The Hall–Kier alpha value is -1.37. The predicted octanol–water partition coefficient (Wildman–Crippen LogP) is 0.872. The Kier molecular flexibility index (Phi) is 5.74. The molecule has 0 aromatic rings. The first-order chi connectivity index (χ1) is 8.32. The van der Waals surface area contributed by atoms with Crippen LogP contribution < -0.4 is 11.1 Å². The van der Waals surface area contributed by atoms with Gasteiger partial charge in [-0.25, -0.2) is 9.59 Å². The summed E-state index contributed by atoms with van der Waals surface area (Å²) in [6.45, 7) is 10.2. The lowest BCUT2D eigenvalue weighted by Crippen LogP contribution is -2.52. The van der Waals surface area contributed by atoms with E-state index in [4.69, 9.17) is 15.2 Å². The topological polar surface area (TPSA) is 90.6 Å². The van der Waals surface area contributed by atoms with Gasteiger partial charge in [0, 0.05) is 0 Å². The number of hydrogen-bond donors (Lipinski definition) is 2. The van der Waals surface area contributed by atoms with E-state index < -0.39 is 29.2 Å². The third kappa shape index (κ3) is 8.36. The Morgan fingerprint density at radius 2 is 1.32 bits per heavy atom. The highest BCUT2D eigenvalue weighted by atomic mass is 32.1. The summed E-state index contributed by atoms with van der Waals surface area (Å²) in [5.74, 6) is -1.57. The monoisotopic (exact) mass is 290 g/mol. The van der Waals surface area contributed by atoms with Gasteiger partial charge in [-0.05, 0) is 53.8 Å². The van der Waals surface area contributed by atoms with Crippen LogP contribution in [-0.4, -0.2) is 34.3 Å². The van der Waals surface area contributed by atoms with Gasteiger partial charge in [-0.1, -0.05) is 0 Å². The van der Waals surface area contributed by atoms with Crippen molar-refractivity contribution in [1.29, 1.82) is 0 Å². The summed E-state index contributed by atoms with van der Waals surface area (Å²) in [4.78, 5) is 23.8. The van der Waals surface area contributed by atoms with Crippen molar-refractivity contribution in [3.05, 3.63) is 0 Å². The zero-order valence-electron chi connectivity index (χ0n) is 12.2. The number of carbonyl (C=O) groups excluding carboxylic acids is 2. The molecule has 0 unspecified atom stereocenters. The van der Waals surface area contributed by atoms with E-state index in [-0.39, 0.29) is 5.11 Å². The van der Waals surface area contributed by atoms with Crippen molar-refractivity contribution in [2.45, 2.75) is 58.8 Å². The van der Waals surface area contributed by atoms with Crippen molar-refractivity contribution >= 4 is 29.3 Å². The van der Waals surface area contributed by atoms with Crippen LogP contribution in [0, 0.1) is 0 Å². The maximum absolute atomic E-state index is 11.9. The second-order valence-electron chi connectivity index (χ2n) is 6.01. The maximum Gasteiger partial charge on any atom is 0.340 e. The van der Waals surface area contributed by atoms with Gasteiger partial charge in [0.1, 0.15) is 11.2 Å². The zero-order chi connectivity index (χ0) is 15.4. The van der Waals surface area contributed by atoms with E-state index in [0.717, 1.165) is 0 Å². The summed E-state index contributed by atoms with van der Waals surface area (Å²) in [5.41, 5.74) is 3.85. The van der Waals surface area contributed by atoms with Crippen LogP contribution in [-0.2, 0) is 19.1 Å². The highest BCUT2D eigenvalue weighted by Crippen LogP contribution is 2.12. The molecule has 7 heteroatoms. The molecular formula is C12H22N2O4S. The first-order valence-electron chi connectivity index (χ1n) is 5.83. The van der Waals surface area contributed by atoms with Gasteiger partial charge in [-0.3, -0.25) is 0 Å². The number of thiocarbonyl (C=S) groups is 1. The van der Waals surface area contributed by atoms with Crippen LogP contribution in [0.2, 0.25) is 0 Å². The van der Waals surface area contributed by atoms with Crippen molar-refractivity contribution in [2.75, 3.05) is 0 Å². The van der Waals surface area contributed by atoms with Crippen molar-refractivity contribution in [1.82, 2.24) is 5.32 Å². The minimum Gasteiger partial charge on any atom is -0.458 e. The van der Waals surface area contributed by atoms with Crippen molar-refractivity contribution < 1.29 is 19.1 Å². The average Bonchev–Trinajstić information content (AvgIpc) is 2.07. The number of ether oxygens (including phenoxy) is 2. The number of hydrogen-bond acceptors (Lipinski definition) is 5. The van der Waals surface area contributed by atoms with Gasteiger partial charge in [0.05, 0.1) is 0 Å². The van der Waals surface area contributed by atoms with Crippen LogP contribution in [0.15, 0.2) is 0 Å². The van der Waals surface area contributed by atoms with Gasteiger partial charge in [0.15, 0.2) is 5.11 Å². The van der Waals surface area contributed by atoms with E-state index in [2.05, 4.69) is 17.5 Å². The Balaban J connectivity index is 4.95. The quantitative estimate of drug-likeness (QED) is 0.453. The molecule has 0 aliphatic rings. The summed E-state index contributed by atoms with van der Waals surface area (Å²) in [6, 6.07) is -1.36. The average molecular weight is 290 g/mol. The molecular weight excluding hydrogens is 268 g/mol. The molecule has 0 saturated heterocycles. The van der Waals surface area contributed by atoms with Gasteiger partial charge in [-0.15, -0.1) is 0 Å². The van der Waals surface area contributed by atoms with Crippen LogP contribution >= 0.6 is 12.2 Å². The molecule has 0 aliphatic carbocycles. The molecule has 6 nitrogen and oxygen atoms in total. The molecule has 19 heavy (non-hydrogen) atoms. The first-order valence-corrected chi connectivity index (χ1v) is 6.24. The fraction of sp³-hybridized carbons (Fsp3) is 0.750. The number of nitrogens with one attached hydrogen (secondary N) is 1. The van der Waals surface area contributed by atoms with Crippen molar-refractivity contribution in [3.63, 3.8) is 0 Å². The minimum absolute atomic E-state index is 0.179. The second kappa shape index (κ2) is 6.18. The maximum atomic E-state index is 11.9. The molecule has 3 N–H and O–H groups in total. The number of carbonyl (C=O) groups is 2. The Bertz CT molecular complexity index is 341. The minimum atomic E-state index is -1.36. The fourth-order valence-corrected chi connectivity index (χ4v) is 1.20. The molecule has 0 fully saturated rings. The highest BCUT2D eigenvalue weighted by molar-refractivity contribution is 7.80. The van der Waals surface area contributed by atoms with Gasteiger partial charge >= 0.3 is 11.9 Å². The summed E-state index contributed by atoms with van der Waals surface area (Å²) in [7, 11) is 0. The lowest BCUT2D eigenvalue weighted by atomic mass is 10.1. The van der Waals surface area contributed by atoms with E-state index in [0.29, 0.717) is 0 Å². The SMILES string of the molecule is CC(C)(C)OC(=O)C(NC(N)=S)C(=O)OC(C)(C)C. The third-order valence-corrected chi connectivity index (χ3v) is 1.69. The molecule has 0 heterocycles. The lowest BCUT2D eigenvalue weighted by Gasteiger charge is -2.26. The molecule has 110 valence electrons. The molecule has 0 aliphatic heterocycles. The highest BCUT2D eigenvalue weighted by Gasteiger charge is 2.35. The third-order valence-electron chi connectivity index (χ3n) is 1.57. The lowest BCUT2D eigenvalue weighted by molar-refractivity contribution is -0.169. The summed E-state index contributed by atoms with van der Waals surface area (Å²) >= 11 is 4.64. The van der Waals surface area contributed by atoms with Gasteiger partial charge in [0.2, 0.25) is 6.04 Å². The molecule has 0 radical (unpaired) electrons. The van der Waals surface area contributed by atoms with Gasteiger partial charge < -0.3 is 20.5 Å². The molecule has 0 amide bonds. The van der Waals surface area contributed by atoms with Crippen LogP contribution in [0.1, 0.15) is 41.5 Å². The van der Waals surface area contributed by atoms with Crippen molar-refractivity contribution in [3.8, 4) is 0 Å². The summed E-state index contributed by atoms with van der Waals surface area (Å²) in [6.07, 6.45) is 0. The molecule has 0 spiro atoms. The van der Waals surface area contributed by atoms with Crippen LogP contribution in [0.3, 0.4) is 0 Å². The van der Waals surface area contributed by atoms with E-state index >= 15 is 0 Å². The van der Waals surface area contributed by atoms with E-state index in [1.807, 2.05) is 0 Å². The predicted molar refractivity (Wildman–Crippen MR) is 75.4 cm³/mol. The smallest absolute Gasteiger partial charge is 0.340 e. The summed E-state index contributed by atoms with van der Waals surface area (Å²) in [5, 5.41) is 2.21. The van der Waals surface area contributed by atoms with E-state index in [1.165, 1.54) is 0 Å². The first kappa shape index (κ1) is 17.6. The van der Waals surface area contributed by atoms with E-state index in [9.17, 15) is 9.59 Å². The van der Waals surface area contributed by atoms with Gasteiger partial charge in [0.25, 0.3) is 0 Å². The Morgan fingerprint density at radius 3 is 1.53 bits per heavy atom.